The van der Waals surface area contributed by atoms with Gasteiger partial charge in [-0.3, -0.25) is 9.36 Å². The summed E-state index contributed by atoms with van der Waals surface area (Å²) in [7, 11) is -3.57. The van der Waals surface area contributed by atoms with Gasteiger partial charge < -0.3 is 9.05 Å². The van der Waals surface area contributed by atoms with E-state index < -0.39 is 7.60 Å². The number of fused-ring (bicyclic) bond motifs is 1. The van der Waals surface area contributed by atoms with E-state index in [9.17, 15) is 9.36 Å². The standard InChI is InChI=1S/C16H19N2O4P/c1-3-21-23(20,22-4-2)16-15(12-8-6-5-7-9-12)13-10-11-14(19)18(13)17-16/h5-9H,3-4,10-11H2,1-2H3. The van der Waals surface area contributed by atoms with Crippen LogP contribution in [0.5, 0.6) is 0 Å². The Morgan fingerprint density at radius 1 is 1.13 bits per heavy atom. The van der Waals surface area contributed by atoms with E-state index in [2.05, 4.69) is 5.10 Å². The molecule has 2 aromatic rings. The zero-order valence-corrected chi connectivity index (χ0v) is 14.1. The van der Waals surface area contributed by atoms with Crippen LogP contribution in [0.3, 0.4) is 0 Å². The molecule has 1 aliphatic heterocycles. The van der Waals surface area contributed by atoms with Gasteiger partial charge in [-0.25, -0.2) is 4.68 Å². The van der Waals surface area contributed by atoms with Crippen molar-refractivity contribution in [3.8, 4) is 11.1 Å². The molecule has 23 heavy (non-hydrogen) atoms. The van der Waals surface area contributed by atoms with E-state index in [0.717, 1.165) is 11.3 Å². The Hall–Kier alpha value is -1.75. The molecule has 0 saturated heterocycles. The second-order valence-corrected chi connectivity index (χ2v) is 7.08. The summed E-state index contributed by atoms with van der Waals surface area (Å²) in [5.41, 5.74) is 2.56. The Kier molecular flexibility index (Phi) is 4.48. The number of rotatable bonds is 6. The lowest BCUT2D eigenvalue weighted by Crippen LogP contribution is -2.17. The fraction of sp³-hybridized carbons (Fsp3) is 0.375. The van der Waals surface area contributed by atoms with Gasteiger partial charge >= 0.3 is 7.60 Å². The van der Waals surface area contributed by atoms with Crippen molar-refractivity contribution in [1.82, 2.24) is 9.78 Å². The zero-order valence-electron chi connectivity index (χ0n) is 13.2. The van der Waals surface area contributed by atoms with E-state index in [1.54, 1.807) is 13.8 Å². The van der Waals surface area contributed by atoms with Crippen molar-refractivity contribution in [2.45, 2.75) is 26.7 Å². The number of hydrogen-bond donors (Lipinski definition) is 0. The van der Waals surface area contributed by atoms with Crippen molar-refractivity contribution >= 4 is 18.9 Å². The van der Waals surface area contributed by atoms with Crippen LogP contribution in [0.1, 0.15) is 30.8 Å². The van der Waals surface area contributed by atoms with Crippen molar-refractivity contribution in [2.24, 2.45) is 0 Å². The molecule has 1 aromatic heterocycles. The van der Waals surface area contributed by atoms with Crippen LogP contribution in [0.25, 0.3) is 11.1 Å². The van der Waals surface area contributed by atoms with Crippen LogP contribution in [-0.2, 0) is 20.0 Å². The lowest BCUT2D eigenvalue weighted by molar-refractivity contribution is 0.0910. The van der Waals surface area contributed by atoms with Gasteiger partial charge in [0.1, 0.15) is 0 Å². The summed E-state index contributed by atoms with van der Waals surface area (Å²) in [5, 5.41) is 4.31. The van der Waals surface area contributed by atoms with Crippen LogP contribution in [0.15, 0.2) is 30.3 Å². The minimum atomic E-state index is -3.57. The van der Waals surface area contributed by atoms with E-state index in [0.29, 0.717) is 18.4 Å². The molecule has 0 amide bonds. The third-order valence-electron chi connectivity index (χ3n) is 3.69. The monoisotopic (exact) mass is 334 g/mol. The first-order valence-corrected chi connectivity index (χ1v) is 9.25. The average molecular weight is 334 g/mol. The third-order valence-corrected chi connectivity index (χ3v) is 5.72. The van der Waals surface area contributed by atoms with E-state index in [-0.39, 0.29) is 24.6 Å². The molecule has 0 unspecified atom stereocenters. The molecule has 0 N–H and O–H groups in total. The molecule has 2 heterocycles. The highest BCUT2D eigenvalue weighted by atomic mass is 31.2. The van der Waals surface area contributed by atoms with Gasteiger partial charge in [-0.2, -0.15) is 5.10 Å². The number of benzene rings is 1. The smallest absolute Gasteiger partial charge is 0.304 e. The average Bonchev–Trinajstić information content (AvgIpc) is 3.09. The molecule has 7 heteroatoms. The largest absolute Gasteiger partial charge is 0.382 e. The lowest BCUT2D eigenvalue weighted by Gasteiger charge is -2.16. The highest BCUT2D eigenvalue weighted by molar-refractivity contribution is 7.62. The molecule has 1 aliphatic rings. The molecule has 0 radical (unpaired) electrons. The van der Waals surface area contributed by atoms with Crippen molar-refractivity contribution in [3.05, 3.63) is 36.0 Å². The maximum Gasteiger partial charge on any atom is 0.382 e. The molecule has 122 valence electrons. The number of aromatic nitrogens is 2. The van der Waals surface area contributed by atoms with Crippen LogP contribution in [0.2, 0.25) is 0 Å². The van der Waals surface area contributed by atoms with Gasteiger partial charge in [0, 0.05) is 12.0 Å². The summed E-state index contributed by atoms with van der Waals surface area (Å²) in [6.07, 6.45) is 0.990. The summed E-state index contributed by atoms with van der Waals surface area (Å²) >= 11 is 0. The Labute approximate surface area is 134 Å². The fourth-order valence-corrected chi connectivity index (χ4v) is 4.53. The molecule has 0 bridgehead atoms. The van der Waals surface area contributed by atoms with E-state index in [1.165, 1.54) is 4.68 Å². The quantitative estimate of drug-likeness (QED) is 0.760. The second kappa shape index (κ2) is 6.40. The molecular formula is C16H19N2O4P. The van der Waals surface area contributed by atoms with Crippen molar-refractivity contribution < 1.29 is 18.4 Å². The summed E-state index contributed by atoms with van der Waals surface area (Å²) in [6.45, 7) is 3.98. The SMILES string of the molecule is CCOP(=O)(OCC)c1nn2c(c1-c1ccccc1)CCC2=O. The Balaban J connectivity index is 2.23. The fourth-order valence-electron chi connectivity index (χ4n) is 2.80. The molecule has 0 saturated carbocycles. The normalized spacial score (nSPS) is 14.3. The van der Waals surface area contributed by atoms with Gasteiger partial charge in [-0.15, -0.1) is 0 Å². The molecule has 1 aromatic carbocycles. The van der Waals surface area contributed by atoms with Crippen molar-refractivity contribution in [2.75, 3.05) is 13.2 Å². The third kappa shape index (κ3) is 2.78. The van der Waals surface area contributed by atoms with Crippen LogP contribution < -0.4 is 5.44 Å². The zero-order chi connectivity index (χ0) is 16.4. The van der Waals surface area contributed by atoms with Gasteiger partial charge in [-0.05, 0) is 25.8 Å². The second-order valence-electron chi connectivity index (χ2n) is 5.15. The lowest BCUT2D eigenvalue weighted by atomic mass is 10.1. The van der Waals surface area contributed by atoms with Gasteiger partial charge in [-0.1, -0.05) is 30.3 Å². The van der Waals surface area contributed by atoms with E-state index in [4.69, 9.17) is 9.05 Å². The van der Waals surface area contributed by atoms with Gasteiger partial charge in [0.2, 0.25) is 5.91 Å². The summed E-state index contributed by atoms with van der Waals surface area (Å²) < 4.78 is 25.4. The van der Waals surface area contributed by atoms with Crippen LogP contribution in [-0.4, -0.2) is 28.9 Å². The van der Waals surface area contributed by atoms with E-state index in [1.807, 2.05) is 30.3 Å². The highest BCUT2D eigenvalue weighted by Crippen LogP contribution is 2.49. The first-order valence-electron chi connectivity index (χ1n) is 7.71. The predicted octanol–water partition coefficient (Wildman–Crippen LogP) is 3.03. The topological polar surface area (TPSA) is 70.4 Å². The van der Waals surface area contributed by atoms with Crippen LogP contribution in [0.4, 0.5) is 0 Å². The molecule has 3 rings (SSSR count). The number of carbonyl (C=O) groups excluding carboxylic acids is 1. The number of hydrogen-bond acceptors (Lipinski definition) is 5. The summed E-state index contributed by atoms with van der Waals surface area (Å²) in [4.78, 5) is 12.0. The maximum absolute atomic E-state index is 13.2. The first kappa shape index (κ1) is 16.1. The van der Waals surface area contributed by atoms with Crippen molar-refractivity contribution in [1.29, 1.82) is 0 Å². The van der Waals surface area contributed by atoms with Crippen LogP contribution >= 0.6 is 7.60 Å². The summed E-state index contributed by atoms with van der Waals surface area (Å²) in [5.74, 6) is -0.0945. The van der Waals surface area contributed by atoms with Gasteiger partial charge in [0.05, 0.1) is 18.9 Å². The summed E-state index contributed by atoms with van der Waals surface area (Å²) in [6, 6.07) is 9.51. The molecular weight excluding hydrogens is 315 g/mol. The molecule has 6 nitrogen and oxygen atoms in total. The highest BCUT2D eigenvalue weighted by Gasteiger charge is 2.39. The minimum absolute atomic E-state index is 0.0945. The molecule has 0 fully saturated rings. The maximum atomic E-state index is 13.2. The predicted molar refractivity (Wildman–Crippen MR) is 87.1 cm³/mol. The first-order chi connectivity index (χ1) is 11.1. The molecule has 0 spiro atoms. The Morgan fingerprint density at radius 2 is 1.78 bits per heavy atom. The van der Waals surface area contributed by atoms with E-state index >= 15 is 0 Å². The van der Waals surface area contributed by atoms with Gasteiger partial charge in [0.25, 0.3) is 0 Å². The molecule has 0 atom stereocenters. The van der Waals surface area contributed by atoms with Crippen LogP contribution in [0, 0.1) is 0 Å². The Morgan fingerprint density at radius 3 is 2.39 bits per heavy atom. The minimum Gasteiger partial charge on any atom is -0.304 e. The molecule has 0 aliphatic carbocycles. The van der Waals surface area contributed by atoms with Gasteiger partial charge in [0.15, 0.2) is 5.44 Å². The number of carbonyl (C=O) groups is 1. The number of nitrogens with zero attached hydrogens (tertiary/aromatic N) is 2. The van der Waals surface area contributed by atoms with Crippen molar-refractivity contribution in [3.63, 3.8) is 0 Å². The Bertz CT molecular complexity index is 760.